The second kappa shape index (κ2) is 8.75. The first-order valence-corrected chi connectivity index (χ1v) is 7.49. The lowest BCUT2D eigenvalue weighted by atomic mass is 9.86. The van der Waals surface area contributed by atoms with Gasteiger partial charge in [-0.05, 0) is 50.4 Å². The van der Waals surface area contributed by atoms with E-state index in [4.69, 9.17) is 4.74 Å². The van der Waals surface area contributed by atoms with Crippen LogP contribution in [0.4, 0.5) is 0 Å². The number of benzene rings is 1. The second-order valence-corrected chi connectivity index (χ2v) is 5.40. The van der Waals surface area contributed by atoms with Crippen LogP contribution in [0, 0.1) is 0 Å². The van der Waals surface area contributed by atoms with E-state index < -0.39 is 0 Å². The first kappa shape index (κ1) is 16.7. The fraction of sp³-hybridized carbons (Fsp3) is 0.588. The minimum atomic E-state index is -0.0621. The molecule has 0 amide bonds. The molecule has 1 aromatic carbocycles. The number of unbranched alkanes of at least 4 members (excludes halogenated alkanes) is 2. The Bertz CT molecular complexity index is 406. The molecule has 0 aliphatic heterocycles. The zero-order chi connectivity index (χ0) is 14.8. The van der Waals surface area contributed by atoms with E-state index in [1.807, 2.05) is 12.1 Å². The fourth-order valence-electron chi connectivity index (χ4n) is 2.41. The number of rotatable bonds is 10. The van der Waals surface area contributed by atoms with Gasteiger partial charge in [-0.15, -0.1) is 0 Å². The average Bonchev–Trinajstić information content (AvgIpc) is 2.49. The number of hydrogen-bond acceptors (Lipinski definition) is 3. The second-order valence-electron chi connectivity index (χ2n) is 5.40. The van der Waals surface area contributed by atoms with E-state index in [9.17, 15) is 4.79 Å². The first-order valence-electron chi connectivity index (χ1n) is 7.49. The predicted octanol–water partition coefficient (Wildman–Crippen LogP) is 3.67. The number of aldehydes is 1. The molecule has 0 saturated heterocycles. The topological polar surface area (TPSA) is 38.3 Å². The number of nitrogens with one attached hydrogen (secondary N) is 1. The van der Waals surface area contributed by atoms with Crippen LogP contribution in [0.5, 0.6) is 5.75 Å². The lowest BCUT2D eigenvalue weighted by Crippen LogP contribution is -2.40. The summed E-state index contributed by atoms with van der Waals surface area (Å²) in [5.41, 5.74) is 1.18. The maximum atomic E-state index is 10.4. The van der Waals surface area contributed by atoms with Gasteiger partial charge in [0.25, 0.3) is 0 Å². The molecule has 0 radical (unpaired) electrons. The van der Waals surface area contributed by atoms with Crippen LogP contribution >= 0.6 is 0 Å². The molecule has 0 spiro atoms. The fourth-order valence-corrected chi connectivity index (χ4v) is 2.41. The molecule has 1 unspecified atom stereocenters. The molecule has 0 fully saturated rings. The number of carbonyl (C=O) groups excluding carboxylic acids is 1. The first-order chi connectivity index (χ1) is 9.66. The molecule has 0 heterocycles. The molecule has 112 valence electrons. The van der Waals surface area contributed by atoms with E-state index >= 15 is 0 Å². The molecule has 3 nitrogen and oxygen atoms in total. The van der Waals surface area contributed by atoms with Crippen LogP contribution in [0.2, 0.25) is 0 Å². The molecule has 3 heteroatoms. The van der Waals surface area contributed by atoms with E-state index in [0.717, 1.165) is 44.3 Å². The normalized spacial score (nSPS) is 13.8. The smallest absolute Gasteiger partial charge is 0.119 e. The number of ether oxygens (including phenoxy) is 1. The van der Waals surface area contributed by atoms with Crippen molar-refractivity contribution in [3.63, 3.8) is 0 Å². The highest BCUT2D eigenvalue weighted by Gasteiger charge is 2.25. The van der Waals surface area contributed by atoms with E-state index in [0.29, 0.717) is 6.42 Å². The van der Waals surface area contributed by atoms with Gasteiger partial charge in [-0.1, -0.05) is 25.5 Å². The molecule has 20 heavy (non-hydrogen) atoms. The summed E-state index contributed by atoms with van der Waals surface area (Å²) in [5, 5.41) is 3.65. The van der Waals surface area contributed by atoms with Crippen LogP contribution in [0.25, 0.3) is 0 Å². The van der Waals surface area contributed by atoms with Crippen LogP contribution in [0.1, 0.15) is 51.5 Å². The van der Waals surface area contributed by atoms with Gasteiger partial charge in [0.1, 0.15) is 12.0 Å². The van der Waals surface area contributed by atoms with Crippen LogP contribution in [-0.2, 0) is 10.3 Å². The van der Waals surface area contributed by atoms with E-state index in [1.54, 1.807) is 7.11 Å². The molecule has 0 aliphatic rings. The summed E-state index contributed by atoms with van der Waals surface area (Å²) in [6.45, 7) is 5.39. The van der Waals surface area contributed by atoms with Crippen LogP contribution in [0.3, 0.4) is 0 Å². The Morgan fingerprint density at radius 3 is 2.80 bits per heavy atom. The summed E-state index contributed by atoms with van der Waals surface area (Å²) in [7, 11) is 1.69. The average molecular weight is 277 g/mol. The van der Waals surface area contributed by atoms with Crippen molar-refractivity contribution in [1.29, 1.82) is 0 Å². The predicted molar refractivity (Wildman–Crippen MR) is 83.2 cm³/mol. The molecular formula is C17H27NO2. The Hall–Kier alpha value is -1.35. The van der Waals surface area contributed by atoms with Crippen molar-refractivity contribution in [1.82, 2.24) is 5.32 Å². The summed E-state index contributed by atoms with van der Waals surface area (Å²) in [4.78, 5) is 10.4. The highest BCUT2D eigenvalue weighted by molar-refractivity contribution is 5.48. The summed E-state index contributed by atoms with van der Waals surface area (Å²) in [5.74, 6) is 0.889. The molecule has 0 aliphatic carbocycles. The lowest BCUT2D eigenvalue weighted by Gasteiger charge is -2.32. The Morgan fingerprint density at radius 2 is 2.15 bits per heavy atom. The SMILES string of the molecule is CCCNC(C)(CCCCC=O)c1cccc(OC)c1. The summed E-state index contributed by atoms with van der Waals surface area (Å²) >= 11 is 0. The van der Waals surface area contributed by atoms with E-state index in [1.165, 1.54) is 5.56 Å². The van der Waals surface area contributed by atoms with Gasteiger partial charge in [-0.25, -0.2) is 0 Å². The standard InChI is InChI=1S/C17H27NO2/c1-4-12-18-17(2,11-6-5-7-13-19)15-9-8-10-16(14-15)20-3/h8-10,13-14,18H,4-7,11-12H2,1-3H3. The van der Waals surface area contributed by atoms with Crippen molar-refractivity contribution in [3.8, 4) is 5.75 Å². The molecule has 1 atom stereocenters. The van der Waals surface area contributed by atoms with Crippen molar-refractivity contribution < 1.29 is 9.53 Å². The third-order valence-electron chi connectivity index (χ3n) is 3.72. The Morgan fingerprint density at radius 1 is 1.35 bits per heavy atom. The van der Waals surface area contributed by atoms with Gasteiger partial charge in [0, 0.05) is 12.0 Å². The highest BCUT2D eigenvalue weighted by Crippen LogP contribution is 2.29. The van der Waals surface area contributed by atoms with Gasteiger partial charge in [0.05, 0.1) is 7.11 Å². The zero-order valence-corrected chi connectivity index (χ0v) is 12.9. The third-order valence-corrected chi connectivity index (χ3v) is 3.72. The molecular weight excluding hydrogens is 250 g/mol. The molecule has 1 aromatic rings. The Labute approximate surface area is 122 Å². The van der Waals surface area contributed by atoms with Crippen LogP contribution in [-0.4, -0.2) is 19.9 Å². The van der Waals surface area contributed by atoms with Crippen LogP contribution < -0.4 is 10.1 Å². The van der Waals surface area contributed by atoms with Gasteiger partial charge in [0.2, 0.25) is 0 Å². The van der Waals surface area contributed by atoms with Gasteiger partial charge < -0.3 is 14.8 Å². The molecule has 0 saturated carbocycles. The van der Waals surface area contributed by atoms with Crippen molar-refractivity contribution in [2.45, 2.75) is 51.5 Å². The monoisotopic (exact) mass is 277 g/mol. The van der Waals surface area contributed by atoms with E-state index in [2.05, 4.69) is 31.3 Å². The quantitative estimate of drug-likeness (QED) is 0.524. The number of carbonyl (C=O) groups is 1. The largest absolute Gasteiger partial charge is 0.497 e. The maximum Gasteiger partial charge on any atom is 0.119 e. The Kier molecular flexibility index (Phi) is 7.31. The Balaban J connectivity index is 2.81. The van der Waals surface area contributed by atoms with Crippen molar-refractivity contribution in [2.24, 2.45) is 0 Å². The van der Waals surface area contributed by atoms with Gasteiger partial charge in [-0.2, -0.15) is 0 Å². The van der Waals surface area contributed by atoms with Gasteiger partial charge in [-0.3, -0.25) is 0 Å². The summed E-state index contributed by atoms with van der Waals surface area (Å²) in [6.07, 6.45) is 5.78. The molecule has 0 bridgehead atoms. The number of methoxy groups -OCH3 is 1. The molecule has 0 aromatic heterocycles. The van der Waals surface area contributed by atoms with Crippen molar-refractivity contribution in [2.75, 3.05) is 13.7 Å². The van der Waals surface area contributed by atoms with Crippen molar-refractivity contribution in [3.05, 3.63) is 29.8 Å². The highest BCUT2D eigenvalue weighted by atomic mass is 16.5. The third kappa shape index (κ3) is 4.97. The van der Waals surface area contributed by atoms with Crippen LogP contribution in [0.15, 0.2) is 24.3 Å². The van der Waals surface area contributed by atoms with Crippen molar-refractivity contribution >= 4 is 6.29 Å². The minimum absolute atomic E-state index is 0.0621. The minimum Gasteiger partial charge on any atom is -0.497 e. The molecule has 1 N–H and O–H groups in total. The lowest BCUT2D eigenvalue weighted by molar-refractivity contribution is -0.107. The van der Waals surface area contributed by atoms with Gasteiger partial charge >= 0.3 is 0 Å². The molecule has 1 rings (SSSR count). The van der Waals surface area contributed by atoms with Gasteiger partial charge in [0.15, 0.2) is 0 Å². The summed E-state index contributed by atoms with van der Waals surface area (Å²) in [6, 6.07) is 8.24. The number of hydrogen-bond donors (Lipinski definition) is 1. The zero-order valence-electron chi connectivity index (χ0n) is 12.9. The van der Waals surface area contributed by atoms with E-state index in [-0.39, 0.29) is 5.54 Å². The summed E-state index contributed by atoms with van der Waals surface area (Å²) < 4.78 is 5.32. The maximum absolute atomic E-state index is 10.4.